The fourth-order valence-electron chi connectivity index (χ4n) is 3.27. The molecule has 0 spiro atoms. The van der Waals surface area contributed by atoms with Crippen molar-refractivity contribution < 1.29 is 23.9 Å². The molecule has 0 radical (unpaired) electrons. The monoisotopic (exact) mass is 439 g/mol. The first-order chi connectivity index (χ1) is 15.4. The van der Waals surface area contributed by atoms with E-state index in [1.54, 1.807) is 24.3 Å². The Morgan fingerprint density at radius 2 is 1.78 bits per heavy atom. The van der Waals surface area contributed by atoms with Crippen molar-refractivity contribution in [1.82, 2.24) is 10.6 Å². The molecule has 3 rings (SSSR count). The van der Waals surface area contributed by atoms with Crippen molar-refractivity contribution in [2.24, 2.45) is 0 Å². The lowest BCUT2D eigenvalue weighted by Gasteiger charge is -2.11. The van der Waals surface area contributed by atoms with E-state index in [0.717, 1.165) is 24.0 Å². The molecule has 2 aromatic rings. The fraction of sp³-hybridized carbons (Fsp3) is 0.375. The van der Waals surface area contributed by atoms with Gasteiger partial charge in [-0.2, -0.15) is 0 Å². The molecule has 1 atom stereocenters. The summed E-state index contributed by atoms with van der Waals surface area (Å²) in [6.07, 6.45) is 1.25. The molecule has 1 aliphatic heterocycles. The van der Waals surface area contributed by atoms with Gasteiger partial charge in [0.25, 0.3) is 11.8 Å². The van der Waals surface area contributed by atoms with Crippen LogP contribution in [0.2, 0.25) is 0 Å². The summed E-state index contributed by atoms with van der Waals surface area (Å²) in [6.45, 7) is 5.04. The molecule has 8 nitrogen and oxygen atoms in total. The predicted molar refractivity (Wildman–Crippen MR) is 121 cm³/mol. The van der Waals surface area contributed by atoms with E-state index in [9.17, 15) is 14.4 Å². The molecule has 0 saturated carbocycles. The summed E-state index contributed by atoms with van der Waals surface area (Å²) in [4.78, 5) is 36.3. The SMILES string of the molecule is Cc1ccc(C)c(OCC(=O)Nc2ccc(C(=O)NCCNC(=O)C3CCCO3)cc2)c1. The fourth-order valence-corrected chi connectivity index (χ4v) is 3.27. The number of amides is 3. The molecule has 170 valence electrons. The van der Waals surface area contributed by atoms with Crippen LogP contribution in [0.15, 0.2) is 42.5 Å². The van der Waals surface area contributed by atoms with E-state index in [2.05, 4.69) is 16.0 Å². The number of ether oxygens (including phenoxy) is 2. The summed E-state index contributed by atoms with van der Waals surface area (Å²) in [5.41, 5.74) is 3.05. The van der Waals surface area contributed by atoms with Crippen LogP contribution in [0.4, 0.5) is 5.69 Å². The Hall–Kier alpha value is -3.39. The van der Waals surface area contributed by atoms with Crippen molar-refractivity contribution >= 4 is 23.4 Å². The Morgan fingerprint density at radius 1 is 1.03 bits per heavy atom. The van der Waals surface area contributed by atoms with Gasteiger partial charge >= 0.3 is 0 Å². The Labute approximate surface area is 187 Å². The number of aryl methyl sites for hydroxylation is 2. The summed E-state index contributed by atoms with van der Waals surface area (Å²) >= 11 is 0. The van der Waals surface area contributed by atoms with Crippen LogP contribution in [0.5, 0.6) is 5.75 Å². The average molecular weight is 440 g/mol. The molecule has 1 aliphatic rings. The highest BCUT2D eigenvalue weighted by atomic mass is 16.5. The largest absolute Gasteiger partial charge is 0.483 e. The minimum atomic E-state index is -0.375. The van der Waals surface area contributed by atoms with Crippen LogP contribution in [-0.2, 0) is 14.3 Å². The summed E-state index contributed by atoms with van der Waals surface area (Å²) in [5, 5.41) is 8.25. The number of carbonyl (C=O) groups excluding carboxylic acids is 3. The van der Waals surface area contributed by atoms with Gasteiger partial charge in [-0.3, -0.25) is 14.4 Å². The van der Waals surface area contributed by atoms with Crippen molar-refractivity contribution in [1.29, 1.82) is 0 Å². The van der Waals surface area contributed by atoms with Crippen LogP contribution >= 0.6 is 0 Å². The molecule has 0 aliphatic carbocycles. The van der Waals surface area contributed by atoms with Gasteiger partial charge in [0, 0.05) is 30.9 Å². The lowest BCUT2D eigenvalue weighted by atomic mass is 10.1. The molecule has 3 N–H and O–H groups in total. The lowest BCUT2D eigenvalue weighted by Crippen LogP contribution is -2.39. The highest BCUT2D eigenvalue weighted by molar-refractivity contribution is 5.96. The van der Waals surface area contributed by atoms with Gasteiger partial charge in [-0.1, -0.05) is 12.1 Å². The second-order valence-electron chi connectivity index (χ2n) is 7.73. The highest BCUT2D eigenvalue weighted by Gasteiger charge is 2.22. The number of carbonyl (C=O) groups is 3. The predicted octanol–water partition coefficient (Wildman–Crippen LogP) is 2.35. The molecule has 0 bridgehead atoms. The molecule has 0 aromatic heterocycles. The van der Waals surface area contributed by atoms with Crippen LogP contribution in [0, 0.1) is 13.8 Å². The first-order valence-electron chi connectivity index (χ1n) is 10.7. The van der Waals surface area contributed by atoms with Crippen LogP contribution < -0.4 is 20.7 Å². The number of hydrogen-bond acceptors (Lipinski definition) is 5. The number of anilines is 1. The van der Waals surface area contributed by atoms with E-state index in [1.807, 2.05) is 32.0 Å². The third-order valence-electron chi connectivity index (χ3n) is 5.07. The van der Waals surface area contributed by atoms with Crippen molar-refractivity contribution in [2.75, 3.05) is 31.6 Å². The van der Waals surface area contributed by atoms with Crippen molar-refractivity contribution in [3.05, 3.63) is 59.2 Å². The maximum absolute atomic E-state index is 12.2. The van der Waals surface area contributed by atoms with Crippen LogP contribution in [0.1, 0.15) is 34.3 Å². The van der Waals surface area contributed by atoms with Crippen LogP contribution in [-0.4, -0.2) is 50.1 Å². The first kappa shape index (κ1) is 23.3. The molecule has 2 aromatic carbocycles. The van der Waals surface area contributed by atoms with E-state index in [-0.39, 0.29) is 30.4 Å². The third-order valence-corrected chi connectivity index (χ3v) is 5.07. The minimum Gasteiger partial charge on any atom is -0.483 e. The molecular formula is C24H29N3O5. The zero-order valence-corrected chi connectivity index (χ0v) is 18.4. The number of nitrogens with one attached hydrogen (secondary N) is 3. The lowest BCUT2D eigenvalue weighted by molar-refractivity contribution is -0.130. The highest BCUT2D eigenvalue weighted by Crippen LogP contribution is 2.19. The topological polar surface area (TPSA) is 106 Å². The summed E-state index contributed by atoms with van der Waals surface area (Å²) in [6, 6.07) is 12.4. The standard InChI is InChI=1S/C24H29N3O5/c1-16-5-6-17(2)21(14-16)32-15-22(28)27-19-9-7-18(8-10-19)23(29)25-11-12-26-24(30)20-4-3-13-31-20/h5-10,14,20H,3-4,11-13,15H2,1-2H3,(H,25,29)(H,26,30)(H,27,28). The molecule has 8 heteroatoms. The molecule has 3 amide bonds. The van der Waals surface area contributed by atoms with Gasteiger partial charge in [-0.25, -0.2) is 0 Å². The van der Waals surface area contributed by atoms with Gasteiger partial charge < -0.3 is 25.4 Å². The maximum Gasteiger partial charge on any atom is 0.262 e. The van der Waals surface area contributed by atoms with Crippen molar-refractivity contribution in [3.63, 3.8) is 0 Å². The van der Waals surface area contributed by atoms with Crippen molar-refractivity contribution in [2.45, 2.75) is 32.8 Å². The maximum atomic E-state index is 12.2. The normalized spacial score (nSPS) is 15.1. The smallest absolute Gasteiger partial charge is 0.262 e. The zero-order valence-electron chi connectivity index (χ0n) is 18.4. The Bertz CT molecular complexity index is 953. The summed E-state index contributed by atoms with van der Waals surface area (Å²) in [7, 11) is 0. The van der Waals surface area contributed by atoms with E-state index in [4.69, 9.17) is 9.47 Å². The van der Waals surface area contributed by atoms with Gasteiger partial charge in [0.15, 0.2) is 6.61 Å². The number of benzene rings is 2. The molecule has 1 fully saturated rings. The number of hydrogen-bond donors (Lipinski definition) is 3. The Kier molecular flexibility index (Phi) is 8.21. The Morgan fingerprint density at radius 3 is 2.50 bits per heavy atom. The minimum absolute atomic E-state index is 0.107. The molecular weight excluding hydrogens is 410 g/mol. The summed E-state index contributed by atoms with van der Waals surface area (Å²) < 4.78 is 10.9. The quantitative estimate of drug-likeness (QED) is 0.520. The van der Waals surface area contributed by atoms with E-state index < -0.39 is 0 Å². The average Bonchev–Trinajstić information content (AvgIpc) is 3.33. The van der Waals surface area contributed by atoms with Gasteiger partial charge in [-0.05, 0) is 68.1 Å². The Balaban J connectivity index is 1.38. The molecule has 1 saturated heterocycles. The van der Waals surface area contributed by atoms with Gasteiger partial charge in [0.05, 0.1) is 0 Å². The van der Waals surface area contributed by atoms with Crippen LogP contribution in [0.25, 0.3) is 0 Å². The zero-order chi connectivity index (χ0) is 22.9. The van der Waals surface area contributed by atoms with Gasteiger partial charge in [0.2, 0.25) is 5.91 Å². The van der Waals surface area contributed by atoms with E-state index in [1.165, 1.54) is 0 Å². The summed E-state index contributed by atoms with van der Waals surface area (Å²) in [5.74, 6) is -0.00454. The van der Waals surface area contributed by atoms with Crippen molar-refractivity contribution in [3.8, 4) is 5.75 Å². The van der Waals surface area contributed by atoms with Gasteiger partial charge in [0.1, 0.15) is 11.9 Å². The van der Waals surface area contributed by atoms with Crippen LogP contribution in [0.3, 0.4) is 0 Å². The first-order valence-corrected chi connectivity index (χ1v) is 10.7. The van der Waals surface area contributed by atoms with E-state index >= 15 is 0 Å². The van der Waals surface area contributed by atoms with E-state index in [0.29, 0.717) is 36.7 Å². The second-order valence-corrected chi connectivity index (χ2v) is 7.73. The molecule has 32 heavy (non-hydrogen) atoms. The molecule has 1 unspecified atom stereocenters. The second kappa shape index (κ2) is 11.3. The number of rotatable bonds is 9. The third kappa shape index (κ3) is 6.81. The molecule has 1 heterocycles. The van der Waals surface area contributed by atoms with Gasteiger partial charge in [-0.15, -0.1) is 0 Å².